The second-order valence-electron chi connectivity index (χ2n) is 7.91. The van der Waals surface area contributed by atoms with E-state index in [1.807, 2.05) is 30.5 Å². The monoisotopic (exact) mass is 453 g/mol. The minimum Gasteiger partial charge on any atom is -0.345 e. The summed E-state index contributed by atoms with van der Waals surface area (Å²) in [5.74, 6) is -0.232. The van der Waals surface area contributed by atoms with Gasteiger partial charge in [0, 0.05) is 36.6 Å². The SMILES string of the molecule is CCCCCN(Cc1cccn1Cc1ccccc1C)C(=O)c1ccc(Cl)c([N+](=O)[O-])c1. The van der Waals surface area contributed by atoms with Crippen molar-refractivity contribution in [3.63, 3.8) is 0 Å². The fourth-order valence-electron chi connectivity index (χ4n) is 3.69. The maximum absolute atomic E-state index is 13.3. The molecular weight excluding hydrogens is 426 g/mol. The Morgan fingerprint density at radius 1 is 1.12 bits per heavy atom. The molecule has 0 unspecified atom stereocenters. The third kappa shape index (κ3) is 5.77. The molecule has 3 rings (SSSR count). The normalized spacial score (nSPS) is 10.8. The molecule has 3 aromatic rings. The number of aromatic nitrogens is 1. The van der Waals surface area contributed by atoms with E-state index in [1.54, 1.807) is 11.0 Å². The maximum Gasteiger partial charge on any atom is 0.288 e. The Labute approximate surface area is 193 Å². The van der Waals surface area contributed by atoms with Gasteiger partial charge in [-0.25, -0.2) is 0 Å². The second-order valence-corrected chi connectivity index (χ2v) is 8.32. The molecule has 0 radical (unpaired) electrons. The highest BCUT2D eigenvalue weighted by atomic mass is 35.5. The molecule has 1 amide bonds. The van der Waals surface area contributed by atoms with Crippen LogP contribution in [0.5, 0.6) is 0 Å². The Kier molecular flexibility index (Phi) is 8.06. The molecule has 1 aromatic heterocycles. The summed E-state index contributed by atoms with van der Waals surface area (Å²) in [6.45, 7) is 5.93. The predicted octanol–water partition coefficient (Wildman–Crippen LogP) is 6.24. The van der Waals surface area contributed by atoms with E-state index in [4.69, 9.17) is 11.6 Å². The van der Waals surface area contributed by atoms with Gasteiger partial charge in [-0.05, 0) is 48.7 Å². The standard InChI is InChI=1S/C25H28ClN3O3/c1-3-4-7-14-28(25(30)20-12-13-23(26)24(16-20)29(31)32)18-22-11-8-15-27(22)17-21-10-6-5-9-19(21)2/h5-6,8-13,15-16H,3-4,7,14,17-18H2,1-2H3. The third-order valence-corrected chi connectivity index (χ3v) is 5.91. The minimum absolute atomic E-state index is 0.0243. The van der Waals surface area contributed by atoms with E-state index in [0.29, 0.717) is 13.1 Å². The van der Waals surface area contributed by atoms with Gasteiger partial charge in [-0.2, -0.15) is 0 Å². The number of aryl methyl sites for hydroxylation is 1. The van der Waals surface area contributed by atoms with Crippen molar-refractivity contribution >= 4 is 23.2 Å². The topological polar surface area (TPSA) is 68.4 Å². The molecule has 0 aliphatic heterocycles. The number of nitrogens with zero attached hydrogens (tertiary/aromatic N) is 3. The fourth-order valence-corrected chi connectivity index (χ4v) is 3.87. The molecule has 168 valence electrons. The number of amides is 1. The number of halogens is 1. The van der Waals surface area contributed by atoms with E-state index in [-0.39, 0.29) is 22.2 Å². The second kappa shape index (κ2) is 11.0. The van der Waals surface area contributed by atoms with E-state index in [9.17, 15) is 14.9 Å². The lowest BCUT2D eigenvalue weighted by Crippen LogP contribution is -2.32. The lowest BCUT2D eigenvalue weighted by Gasteiger charge is -2.24. The lowest BCUT2D eigenvalue weighted by molar-refractivity contribution is -0.384. The van der Waals surface area contributed by atoms with Crippen LogP contribution < -0.4 is 0 Å². The van der Waals surface area contributed by atoms with Crippen LogP contribution in [0.4, 0.5) is 5.69 Å². The highest BCUT2D eigenvalue weighted by Gasteiger charge is 2.21. The maximum atomic E-state index is 13.3. The zero-order valence-corrected chi connectivity index (χ0v) is 19.2. The highest BCUT2D eigenvalue weighted by Crippen LogP contribution is 2.26. The summed E-state index contributed by atoms with van der Waals surface area (Å²) in [5, 5.41) is 11.3. The quantitative estimate of drug-likeness (QED) is 0.207. The number of hydrogen-bond acceptors (Lipinski definition) is 3. The largest absolute Gasteiger partial charge is 0.345 e. The molecular formula is C25H28ClN3O3. The molecule has 7 heteroatoms. The fraction of sp³-hybridized carbons (Fsp3) is 0.320. The van der Waals surface area contributed by atoms with Crippen molar-refractivity contribution < 1.29 is 9.72 Å². The van der Waals surface area contributed by atoms with Crippen molar-refractivity contribution in [1.29, 1.82) is 0 Å². The van der Waals surface area contributed by atoms with Crippen molar-refractivity contribution in [2.75, 3.05) is 6.54 Å². The molecule has 32 heavy (non-hydrogen) atoms. The molecule has 0 aliphatic rings. The van der Waals surface area contributed by atoms with Crippen LogP contribution in [0.1, 0.15) is 53.4 Å². The Morgan fingerprint density at radius 3 is 2.62 bits per heavy atom. The molecule has 2 aromatic carbocycles. The van der Waals surface area contributed by atoms with Crippen LogP contribution in [0, 0.1) is 17.0 Å². The van der Waals surface area contributed by atoms with Gasteiger partial charge in [0.25, 0.3) is 11.6 Å². The lowest BCUT2D eigenvalue weighted by atomic mass is 10.1. The van der Waals surface area contributed by atoms with Crippen LogP contribution in [-0.2, 0) is 13.1 Å². The van der Waals surface area contributed by atoms with Crippen molar-refractivity contribution in [2.24, 2.45) is 0 Å². The molecule has 0 aliphatic carbocycles. The van der Waals surface area contributed by atoms with Crippen LogP contribution in [0.2, 0.25) is 5.02 Å². The summed E-state index contributed by atoms with van der Waals surface area (Å²) < 4.78 is 2.15. The molecule has 0 saturated carbocycles. The Bertz CT molecular complexity index is 1090. The van der Waals surface area contributed by atoms with Gasteiger partial charge in [-0.15, -0.1) is 0 Å². The number of rotatable bonds is 10. The van der Waals surface area contributed by atoms with Gasteiger partial charge in [0.2, 0.25) is 0 Å². The molecule has 0 saturated heterocycles. The smallest absolute Gasteiger partial charge is 0.288 e. The summed E-state index contributed by atoms with van der Waals surface area (Å²) in [7, 11) is 0. The molecule has 6 nitrogen and oxygen atoms in total. The first kappa shape index (κ1) is 23.5. The number of nitro groups is 1. The van der Waals surface area contributed by atoms with E-state index in [0.717, 1.165) is 31.5 Å². The van der Waals surface area contributed by atoms with E-state index < -0.39 is 4.92 Å². The zero-order valence-electron chi connectivity index (χ0n) is 18.5. The average Bonchev–Trinajstić information content (AvgIpc) is 3.21. The molecule has 0 bridgehead atoms. The number of carbonyl (C=O) groups is 1. The zero-order chi connectivity index (χ0) is 23.1. The summed E-state index contributed by atoms with van der Waals surface area (Å²) in [6, 6.07) is 16.5. The van der Waals surface area contributed by atoms with Gasteiger partial charge in [-0.3, -0.25) is 14.9 Å². The van der Waals surface area contributed by atoms with Gasteiger partial charge >= 0.3 is 0 Å². The number of benzene rings is 2. The number of nitro benzene ring substituents is 1. The van der Waals surface area contributed by atoms with E-state index in [1.165, 1.54) is 23.3 Å². The van der Waals surface area contributed by atoms with Crippen molar-refractivity contribution in [3.05, 3.63) is 98.3 Å². The van der Waals surface area contributed by atoms with E-state index >= 15 is 0 Å². The van der Waals surface area contributed by atoms with Crippen LogP contribution in [0.15, 0.2) is 60.8 Å². The summed E-state index contributed by atoms with van der Waals surface area (Å²) in [5.41, 5.74) is 3.48. The van der Waals surface area contributed by atoms with Gasteiger partial charge in [0.15, 0.2) is 0 Å². The summed E-state index contributed by atoms with van der Waals surface area (Å²) in [6.07, 6.45) is 4.94. The first-order valence-corrected chi connectivity index (χ1v) is 11.2. The van der Waals surface area contributed by atoms with Crippen molar-refractivity contribution in [3.8, 4) is 0 Å². The first-order valence-electron chi connectivity index (χ1n) is 10.8. The van der Waals surface area contributed by atoms with Crippen molar-refractivity contribution in [2.45, 2.75) is 46.2 Å². The molecule has 0 spiro atoms. The molecule has 0 N–H and O–H groups in total. The minimum atomic E-state index is -0.562. The Morgan fingerprint density at radius 2 is 1.91 bits per heavy atom. The first-order chi connectivity index (χ1) is 15.4. The van der Waals surface area contributed by atoms with Gasteiger partial charge in [0.1, 0.15) is 5.02 Å². The Hall–Kier alpha value is -3.12. The van der Waals surface area contributed by atoms with Crippen LogP contribution in [-0.4, -0.2) is 26.8 Å². The van der Waals surface area contributed by atoms with Gasteiger partial charge < -0.3 is 9.47 Å². The van der Waals surface area contributed by atoms with Crippen LogP contribution in [0.25, 0.3) is 0 Å². The molecule has 0 atom stereocenters. The Balaban J connectivity index is 1.85. The summed E-state index contributed by atoms with van der Waals surface area (Å²) >= 11 is 5.93. The third-order valence-electron chi connectivity index (χ3n) is 5.59. The van der Waals surface area contributed by atoms with Crippen molar-refractivity contribution in [1.82, 2.24) is 9.47 Å². The highest BCUT2D eigenvalue weighted by molar-refractivity contribution is 6.32. The number of carbonyl (C=O) groups excluding carboxylic acids is 1. The van der Waals surface area contributed by atoms with E-state index in [2.05, 4.69) is 30.5 Å². The number of hydrogen-bond donors (Lipinski definition) is 0. The van der Waals surface area contributed by atoms with Gasteiger partial charge in [-0.1, -0.05) is 55.6 Å². The predicted molar refractivity (Wildman–Crippen MR) is 127 cm³/mol. The molecule has 1 heterocycles. The van der Waals surface area contributed by atoms with Crippen LogP contribution in [0.3, 0.4) is 0 Å². The molecule has 0 fully saturated rings. The van der Waals surface area contributed by atoms with Gasteiger partial charge in [0.05, 0.1) is 11.5 Å². The summed E-state index contributed by atoms with van der Waals surface area (Å²) in [4.78, 5) is 25.8. The number of unbranched alkanes of at least 4 members (excludes halogenated alkanes) is 2. The average molecular weight is 454 g/mol. The van der Waals surface area contributed by atoms with Crippen LogP contribution >= 0.6 is 11.6 Å².